The van der Waals surface area contributed by atoms with Crippen LogP contribution in [0.5, 0.6) is 5.75 Å². The fourth-order valence-electron chi connectivity index (χ4n) is 1.82. The maximum atomic E-state index is 11.9. The Balaban J connectivity index is 1.91. The molecule has 0 aliphatic rings. The molecule has 0 saturated carbocycles. The zero-order valence-corrected chi connectivity index (χ0v) is 13.5. The van der Waals surface area contributed by atoms with Gasteiger partial charge in [0.1, 0.15) is 5.75 Å². The first-order valence-electron chi connectivity index (χ1n) is 6.54. The average Bonchev–Trinajstić information content (AvgIpc) is 2.48. The number of primary amides is 1. The van der Waals surface area contributed by atoms with Gasteiger partial charge in [0, 0.05) is 15.7 Å². The number of carbonyl (C=O) groups is 2. The molecule has 2 aromatic rings. The molecule has 114 valence electrons. The second-order valence-corrected chi connectivity index (χ2v) is 5.60. The van der Waals surface area contributed by atoms with Crippen LogP contribution in [0.3, 0.4) is 0 Å². The van der Waals surface area contributed by atoms with Gasteiger partial charge in [0.15, 0.2) is 6.61 Å². The highest BCUT2D eigenvalue weighted by molar-refractivity contribution is 9.10. The Morgan fingerprint density at radius 2 is 1.86 bits per heavy atom. The molecule has 0 fully saturated rings. The van der Waals surface area contributed by atoms with E-state index in [-0.39, 0.29) is 12.5 Å². The van der Waals surface area contributed by atoms with Gasteiger partial charge in [-0.25, -0.2) is 0 Å². The summed E-state index contributed by atoms with van der Waals surface area (Å²) in [5.41, 5.74) is 7.23. The third-order valence-electron chi connectivity index (χ3n) is 2.97. The summed E-state index contributed by atoms with van der Waals surface area (Å²) in [6, 6.07) is 11.9. The summed E-state index contributed by atoms with van der Waals surface area (Å²) in [6.07, 6.45) is 0. The summed E-state index contributed by atoms with van der Waals surface area (Å²) in [4.78, 5) is 22.8. The quantitative estimate of drug-likeness (QED) is 0.857. The third-order valence-corrected chi connectivity index (χ3v) is 3.46. The molecular weight excluding hydrogens is 348 g/mol. The molecule has 0 unspecified atom stereocenters. The van der Waals surface area contributed by atoms with Crippen LogP contribution in [0.25, 0.3) is 0 Å². The van der Waals surface area contributed by atoms with E-state index in [0.29, 0.717) is 11.3 Å². The van der Waals surface area contributed by atoms with Crippen molar-refractivity contribution in [2.24, 2.45) is 5.73 Å². The Morgan fingerprint density at radius 1 is 1.18 bits per heavy atom. The first kappa shape index (κ1) is 16.0. The lowest BCUT2D eigenvalue weighted by Gasteiger charge is -2.10. The molecule has 0 saturated heterocycles. The fourth-order valence-corrected chi connectivity index (χ4v) is 2.29. The molecule has 6 heteroatoms. The molecule has 0 atom stereocenters. The molecule has 0 heterocycles. The molecule has 0 aromatic heterocycles. The lowest BCUT2D eigenvalue weighted by atomic mass is 10.2. The maximum Gasteiger partial charge on any atom is 0.262 e. The summed E-state index contributed by atoms with van der Waals surface area (Å²) in [7, 11) is 0. The number of hydrogen-bond donors (Lipinski definition) is 2. The van der Waals surface area contributed by atoms with Gasteiger partial charge >= 0.3 is 0 Å². The Morgan fingerprint density at radius 3 is 2.45 bits per heavy atom. The minimum atomic E-state index is -0.505. The van der Waals surface area contributed by atoms with Gasteiger partial charge in [-0.15, -0.1) is 0 Å². The van der Waals surface area contributed by atoms with Gasteiger partial charge in [-0.3, -0.25) is 9.59 Å². The SMILES string of the molecule is Cc1cc(Br)ccc1NC(=O)COc1ccc(C(N)=O)cc1. The third kappa shape index (κ3) is 4.33. The largest absolute Gasteiger partial charge is 0.484 e. The zero-order valence-electron chi connectivity index (χ0n) is 11.9. The molecule has 0 radical (unpaired) electrons. The predicted octanol–water partition coefficient (Wildman–Crippen LogP) is 2.87. The predicted molar refractivity (Wildman–Crippen MR) is 88.0 cm³/mol. The van der Waals surface area contributed by atoms with Gasteiger partial charge in [0.2, 0.25) is 5.91 Å². The molecule has 2 aromatic carbocycles. The molecule has 0 bridgehead atoms. The summed E-state index contributed by atoms with van der Waals surface area (Å²) >= 11 is 3.37. The van der Waals surface area contributed by atoms with Gasteiger partial charge < -0.3 is 15.8 Å². The Kier molecular flexibility index (Phi) is 5.16. The highest BCUT2D eigenvalue weighted by atomic mass is 79.9. The van der Waals surface area contributed by atoms with Crippen LogP contribution in [0.4, 0.5) is 5.69 Å². The highest BCUT2D eigenvalue weighted by Gasteiger charge is 2.07. The lowest BCUT2D eigenvalue weighted by Crippen LogP contribution is -2.20. The summed E-state index contributed by atoms with van der Waals surface area (Å²) in [5, 5.41) is 2.78. The van der Waals surface area contributed by atoms with E-state index in [1.54, 1.807) is 24.3 Å². The zero-order chi connectivity index (χ0) is 16.1. The molecule has 0 aliphatic carbocycles. The molecule has 2 rings (SSSR count). The Hall–Kier alpha value is -2.34. The number of carbonyl (C=O) groups excluding carboxylic acids is 2. The van der Waals surface area contributed by atoms with Gasteiger partial charge in [-0.05, 0) is 55.0 Å². The van der Waals surface area contributed by atoms with E-state index in [0.717, 1.165) is 15.7 Å². The van der Waals surface area contributed by atoms with Gasteiger partial charge in [0.05, 0.1) is 0 Å². The van der Waals surface area contributed by atoms with Crippen LogP contribution >= 0.6 is 15.9 Å². The van der Waals surface area contributed by atoms with Crippen LogP contribution in [0.15, 0.2) is 46.9 Å². The molecule has 2 amide bonds. The number of hydrogen-bond acceptors (Lipinski definition) is 3. The smallest absolute Gasteiger partial charge is 0.262 e. The topological polar surface area (TPSA) is 81.4 Å². The molecule has 0 spiro atoms. The highest BCUT2D eigenvalue weighted by Crippen LogP contribution is 2.20. The van der Waals surface area contributed by atoms with E-state index < -0.39 is 5.91 Å². The van der Waals surface area contributed by atoms with E-state index in [4.69, 9.17) is 10.5 Å². The number of halogens is 1. The van der Waals surface area contributed by atoms with Crippen LogP contribution in [-0.4, -0.2) is 18.4 Å². The summed E-state index contributed by atoms with van der Waals surface area (Å²) < 4.78 is 6.32. The van der Waals surface area contributed by atoms with E-state index in [2.05, 4.69) is 21.2 Å². The summed E-state index contributed by atoms with van der Waals surface area (Å²) in [5.74, 6) is -0.271. The molecule has 22 heavy (non-hydrogen) atoms. The number of aryl methyl sites for hydroxylation is 1. The number of nitrogens with two attached hydrogens (primary N) is 1. The van der Waals surface area contributed by atoms with Gasteiger partial charge in [-0.1, -0.05) is 15.9 Å². The van der Waals surface area contributed by atoms with Crippen molar-refractivity contribution in [1.82, 2.24) is 0 Å². The lowest BCUT2D eigenvalue weighted by molar-refractivity contribution is -0.118. The number of ether oxygens (including phenoxy) is 1. The minimum Gasteiger partial charge on any atom is -0.484 e. The van der Waals surface area contributed by atoms with Crippen molar-refractivity contribution >= 4 is 33.4 Å². The van der Waals surface area contributed by atoms with Crippen molar-refractivity contribution in [2.45, 2.75) is 6.92 Å². The molecule has 5 nitrogen and oxygen atoms in total. The first-order chi connectivity index (χ1) is 10.5. The normalized spacial score (nSPS) is 10.1. The van der Waals surface area contributed by atoms with Crippen LogP contribution in [-0.2, 0) is 4.79 Å². The van der Waals surface area contributed by atoms with E-state index in [1.807, 2.05) is 25.1 Å². The Bertz CT molecular complexity index is 699. The van der Waals surface area contributed by atoms with Crippen molar-refractivity contribution in [2.75, 3.05) is 11.9 Å². The van der Waals surface area contributed by atoms with E-state index in [9.17, 15) is 9.59 Å². The van der Waals surface area contributed by atoms with Crippen molar-refractivity contribution < 1.29 is 14.3 Å². The number of benzene rings is 2. The fraction of sp³-hybridized carbons (Fsp3) is 0.125. The standard InChI is InChI=1S/C16H15BrN2O3/c1-10-8-12(17)4-7-14(10)19-15(20)9-22-13-5-2-11(3-6-13)16(18)21/h2-8H,9H2,1H3,(H2,18,21)(H,19,20). The van der Waals surface area contributed by atoms with Crippen molar-refractivity contribution in [3.63, 3.8) is 0 Å². The minimum absolute atomic E-state index is 0.120. The number of nitrogens with one attached hydrogen (secondary N) is 1. The van der Waals surface area contributed by atoms with Crippen LogP contribution < -0.4 is 15.8 Å². The van der Waals surface area contributed by atoms with Crippen molar-refractivity contribution in [3.05, 3.63) is 58.1 Å². The first-order valence-corrected chi connectivity index (χ1v) is 7.33. The molecule has 0 aliphatic heterocycles. The van der Waals surface area contributed by atoms with Crippen LogP contribution in [0.2, 0.25) is 0 Å². The second-order valence-electron chi connectivity index (χ2n) is 4.68. The monoisotopic (exact) mass is 362 g/mol. The number of amides is 2. The van der Waals surface area contributed by atoms with Crippen LogP contribution in [0, 0.1) is 6.92 Å². The van der Waals surface area contributed by atoms with Crippen molar-refractivity contribution in [1.29, 1.82) is 0 Å². The van der Waals surface area contributed by atoms with E-state index >= 15 is 0 Å². The number of anilines is 1. The maximum absolute atomic E-state index is 11.9. The van der Waals surface area contributed by atoms with E-state index in [1.165, 1.54) is 0 Å². The number of rotatable bonds is 5. The average molecular weight is 363 g/mol. The second kappa shape index (κ2) is 7.09. The van der Waals surface area contributed by atoms with Crippen LogP contribution in [0.1, 0.15) is 15.9 Å². The van der Waals surface area contributed by atoms with Gasteiger partial charge in [0.25, 0.3) is 5.91 Å². The van der Waals surface area contributed by atoms with Crippen molar-refractivity contribution in [3.8, 4) is 5.75 Å². The van der Waals surface area contributed by atoms with Gasteiger partial charge in [-0.2, -0.15) is 0 Å². The summed E-state index contributed by atoms with van der Waals surface area (Å²) in [6.45, 7) is 1.79. The molecule has 3 N–H and O–H groups in total. The Labute approximate surface area is 136 Å². The molecular formula is C16H15BrN2O3.